The number of allylic oxidation sites excluding steroid dienone is 1. The highest BCUT2D eigenvalue weighted by Crippen LogP contribution is 2.18. The minimum Gasteiger partial charge on any atom is -0.496 e. The lowest BCUT2D eigenvalue weighted by molar-refractivity contribution is 0.383. The van der Waals surface area contributed by atoms with Crippen molar-refractivity contribution in [2.75, 3.05) is 6.23 Å². The van der Waals surface area contributed by atoms with Gasteiger partial charge in [-0.2, -0.15) is 11.1 Å². The van der Waals surface area contributed by atoms with Gasteiger partial charge < -0.3 is 4.74 Å². The van der Waals surface area contributed by atoms with Crippen LogP contribution >= 0.6 is 11.1 Å². The van der Waals surface area contributed by atoms with Crippen molar-refractivity contribution in [2.45, 2.75) is 6.42 Å². The lowest BCUT2D eigenvalue weighted by Crippen LogP contribution is -2.02. The molecule has 68 valence electrons. The summed E-state index contributed by atoms with van der Waals surface area (Å²) in [4.78, 5) is 0. The van der Waals surface area contributed by atoms with Crippen molar-refractivity contribution in [2.24, 2.45) is 0 Å². The summed E-state index contributed by atoms with van der Waals surface area (Å²) < 4.78 is 5.47. The van der Waals surface area contributed by atoms with Crippen molar-refractivity contribution < 1.29 is 4.74 Å². The fraction of sp³-hybridized carbons (Fsp3) is 0.200. The zero-order valence-corrected chi connectivity index (χ0v) is 9.05. The average molecular weight is 211 g/mol. The van der Waals surface area contributed by atoms with Gasteiger partial charge in [-0.25, -0.2) is 0 Å². The molecule has 0 spiro atoms. The van der Waals surface area contributed by atoms with Gasteiger partial charge >= 0.3 is 0 Å². The second-order valence-corrected chi connectivity index (χ2v) is 3.88. The molecule has 0 aliphatic carbocycles. The predicted octanol–water partition coefficient (Wildman–Crippen LogP) is 2.61. The summed E-state index contributed by atoms with van der Waals surface area (Å²) in [5.74, 6) is 0.913. The molecule has 1 rings (SSSR count). The molecule has 2 radical (unpaired) electrons. The van der Waals surface area contributed by atoms with Gasteiger partial charge in [0.2, 0.25) is 8.83 Å². The number of hydrogen-bond acceptors (Lipinski definition) is 1. The van der Waals surface area contributed by atoms with E-state index in [1.54, 1.807) is 0 Å². The van der Waals surface area contributed by atoms with Crippen molar-refractivity contribution in [3.63, 3.8) is 0 Å². The van der Waals surface area contributed by atoms with E-state index < -0.39 is 0 Å². The van der Waals surface area contributed by atoms with Gasteiger partial charge in [0.05, 0.1) is 6.23 Å². The van der Waals surface area contributed by atoms with Gasteiger partial charge in [-0.15, -0.1) is 6.58 Å². The van der Waals surface area contributed by atoms with Crippen LogP contribution in [0.1, 0.15) is 5.56 Å². The number of para-hydroxylation sites is 1. The molecule has 1 aromatic rings. The first-order valence-electron chi connectivity index (χ1n) is 4.03. The van der Waals surface area contributed by atoms with Gasteiger partial charge in [-0.3, -0.25) is 0 Å². The first kappa shape index (κ1) is 10.3. The molecule has 0 N–H and O–H groups in total. The topological polar surface area (TPSA) is 9.23 Å². The van der Waals surface area contributed by atoms with Crippen LogP contribution in [0.2, 0.25) is 0 Å². The van der Waals surface area contributed by atoms with Crippen LogP contribution in [0.4, 0.5) is 0 Å². The summed E-state index contributed by atoms with van der Waals surface area (Å²) in [7, 11) is 0.306. The third-order valence-electron chi connectivity index (χ3n) is 1.62. The molecule has 3 heteroatoms. The lowest BCUT2D eigenvalue weighted by atomic mass is 10.1. The van der Waals surface area contributed by atoms with E-state index in [-0.39, 0.29) is 0 Å². The summed E-state index contributed by atoms with van der Waals surface area (Å²) in [5, 5.41) is 0. The lowest BCUT2D eigenvalue weighted by Gasteiger charge is -2.07. The maximum atomic E-state index is 5.56. The number of halogens is 1. The smallest absolute Gasteiger partial charge is 0.218 e. The first-order chi connectivity index (χ1) is 6.38. The Balaban J connectivity index is 2.71. The van der Waals surface area contributed by atoms with Crippen LogP contribution in [0.5, 0.6) is 5.75 Å². The number of ether oxygens (including phenoxy) is 1. The molecule has 0 unspecified atom stereocenters. The Hall–Kier alpha value is -0.733. The van der Waals surface area contributed by atoms with Crippen molar-refractivity contribution in [1.29, 1.82) is 0 Å². The van der Waals surface area contributed by atoms with Gasteiger partial charge in [0.25, 0.3) is 0 Å². The minimum atomic E-state index is 0.306. The summed E-state index contributed by atoms with van der Waals surface area (Å²) in [6.45, 7) is 3.70. The molecule has 0 fully saturated rings. The summed E-state index contributed by atoms with van der Waals surface area (Å²) in [6, 6.07) is 7.94. The summed E-state index contributed by atoms with van der Waals surface area (Å²) in [6.07, 6.45) is 3.28. The Kier molecular flexibility index (Phi) is 4.64. The van der Waals surface area contributed by atoms with E-state index in [0.717, 1.165) is 17.7 Å². The molecular weight excluding hydrogens is 200 g/mol. The van der Waals surface area contributed by atoms with Gasteiger partial charge in [-0.1, -0.05) is 24.3 Å². The molecule has 0 aliphatic rings. The number of hydrogen-bond donors (Lipinski definition) is 0. The van der Waals surface area contributed by atoms with Crippen LogP contribution in [0, 0.1) is 0 Å². The molecule has 0 aromatic heterocycles. The second kappa shape index (κ2) is 5.83. The van der Waals surface area contributed by atoms with Crippen molar-refractivity contribution in [3.05, 3.63) is 42.5 Å². The monoisotopic (exact) mass is 210 g/mol. The fourth-order valence-electron chi connectivity index (χ4n) is 1.07. The van der Waals surface area contributed by atoms with Gasteiger partial charge in [0.15, 0.2) is 0 Å². The van der Waals surface area contributed by atoms with E-state index in [0.29, 0.717) is 15.1 Å². The molecule has 0 saturated carbocycles. The Morgan fingerprint density at radius 1 is 1.46 bits per heavy atom. The Morgan fingerprint density at radius 2 is 2.23 bits per heavy atom. The summed E-state index contributed by atoms with van der Waals surface area (Å²) >= 11 is 5.56. The SMILES string of the molecule is C=CCc1ccccc1OC[Si]Cl. The molecule has 0 aliphatic heterocycles. The Bertz CT molecular complexity index is 275. The molecule has 0 amide bonds. The normalized spacial score (nSPS) is 9.62. The molecule has 1 nitrogen and oxygen atoms in total. The van der Waals surface area contributed by atoms with E-state index in [9.17, 15) is 0 Å². The zero-order chi connectivity index (χ0) is 9.52. The average Bonchev–Trinajstić information content (AvgIpc) is 2.17. The molecule has 0 bridgehead atoms. The standard InChI is InChI=1S/C10H11ClOSi/c1-2-5-9-6-3-4-7-10(9)12-8-13-11/h2-4,6-7H,1,5,8H2. The number of benzene rings is 1. The number of rotatable bonds is 5. The highest BCUT2D eigenvalue weighted by molar-refractivity contribution is 6.93. The van der Waals surface area contributed by atoms with Crippen molar-refractivity contribution in [3.8, 4) is 5.75 Å². The summed E-state index contributed by atoms with van der Waals surface area (Å²) in [5.41, 5.74) is 1.16. The van der Waals surface area contributed by atoms with E-state index >= 15 is 0 Å². The van der Waals surface area contributed by atoms with Gasteiger partial charge in [0.1, 0.15) is 5.75 Å². The van der Waals surface area contributed by atoms with E-state index in [4.69, 9.17) is 15.8 Å². The van der Waals surface area contributed by atoms with Crippen molar-refractivity contribution >= 4 is 19.9 Å². The van der Waals surface area contributed by atoms with Crippen LogP contribution in [-0.4, -0.2) is 15.1 Å². The maximum Gasteiger partial charge on any atom is 0.218 e. The largest absolute Gasteiger partial charge is 0.496 e. The third-order valence-corrected chi connectivity index (χ3v) is 2.20. The van der Waals surface area contributed by atoms with Gasteiger partial charge in [-0.05, 0) is 18.1 Å². The molecular formula is C10H11ClOSi. The quantitative estimate of drug-likeness (QED) is 0.413. The Labute approximate surface area is 85.9 Å². The van der Waals surface area contributed by atoms with Crippen LogP contribution in [0.3, 0.4) is 0 Å². The molecule has 13 heavy (non-hydrogen) atoms. The highest BCUT2D eigenvalue weighted by Gasteiger charge is 1.99. The van der Waals surface area contributed by atoms with Crippen LogP contribution in [0.25, 0.3) is 0 Å². The molecule has 0 saturated heterocycles. The van der Waals surface area contributed by atoms with Gasteiger partial charge in [0, 0.05) is 0 Å². The van der Waals surface area contributed by atoms with Crippen LogP contribution in [0.15, 0.2) is 36.9 Å². The predicted molar refractivity (Wildman–Crippen MR) is 57.4 cm³/mol. The zero-order valence-electron chi connectivity index (χ0n) is 7.29. The van der Waals surface area contributed by atoms with Crippen LogP contribution in [-0.2, 0) is 6.42 Å². The van der Waals surface area contributed by atoms with E-state index in [1.807, 2.05) is 30.3 Å². The Morgan fingerprint density at radius 3 is 2.92 bits per heavy atom. The second-order valence-electron chi connectivity index (χ2n) is 2.52. The molecule has 0 heterocycles. The molecule has 1 aromatic carbocycles. The maximum absolute atomic E-state index is 5.56. The van der Waals surface area contributed by atoms with Crippen LogP contribution < -0.4 is 4.74 Å². The van der Waals surface area contributed by atoms with E-state index in [1.165, 1.54) is 0 Å². The van der Waals surface area contributed by atoms with E-state index in [2.05, 4.69) is 6.58 Å². The minimum absolute atomic E-state index is 0.306. The highest BCUT2D eigenvalue weighted by atomic mass is 35.6. The molecule has 0 atom stereocenters. The van der Waals surface area contributed by atoms with Crippen molar-refractivity contribution in [1.82, 2.24) is 0 Å². The fourth-order valence-corrected chi connectivity index (χ4v) is 1.45. The first-order valence-corrected chi connectivity index (χ1v) is 6.25. The third kappa shape index (κ3) is 3.25.